The molecule has 0 aliphatic heterocycles. The first-order valence-electron chi connectivity index (χ1n) is 2.84. The Labute approximate surface area is 75.6 Å². The Bertz CT molecular complexity index is 395. The van der Waals surface area contributed by atoms with Crippen molar-refractivity contribution in [2.24, 2.45) is 0 Å². The zero-order chi connectivity index (χ0) is 7.84. The minimum Gasteiger partial charge on any atom is -0.425 e. The first kappa shape index (κ1) is 6.77. The minimum atomic E-state index is 0.435. The Kier molecular flexibility index (Phi) is 1.41. The molecular formula is C5H3IN5-. The molecule has 0 spiro atoms. The molecule has 6 heteroatoms. The molecule has 2 N–H and O–H groups in total. The summed E-state index contributed by atoms with van der Waals surface area (Å²) in [6.45, 7) is 0. The van der Waals surface area contributed by atoms with E-state index in [1.165, 1.54) is 6.33 Å². The molecule has 0 fully saturated rings. The number of nitrogen functional groups attached to an aromatic ring is 1. The van der Waals surface area contributed by atoms with Gasteiger partial charge in [-0.3, -0.25) is 5.10 Å². The van der Waals surface area contributed by atoms with Gasteiger partial charge in [0, 0.05) is 11.7 Å². The Hall–Kier alpha value is -0.920. The fourth-order valence-corrected chi connectivity index (χ4v) is 1.43. The molecule has 0 radical (unpaired) electrons. The van der Waals surface area contributed by atoms with E-state index < -0.39 is 0 Å². The number of fused-ring (bicyclic) bond motifs is 1. The number of hydrogen-bond donors (Lipinski definition) is 1. The molecule has 0 unspecified atom stereocenters. The van der Waals surface area contributed by atoms with E-state index in [0.717, 1.165) is 9.09 Å². The smallest absolute Gasteiger partial charge is 0.132 e. The van der Waals surface area contributed by atoms with Crippen molar-refractivity contribution in [1.82, 2.24) is 20.2 Å². The fraction of sp³-hybridized carbons (Fsp3) is 0. The molecular weight excluding hydrogens is 257 g/mol. The predicted molar refractivity (Wildman–Crippen MR) is 47.8 cm³/mol. The molecule has 0 aliphatic rings. The number of nitrogens with two attached hydrogens (primary N) is 1. The Morgan fingerprint density at radius 3 is 3.00 bits per heavy atom. The maximum Gasteiger partial charge on any atom is 0.132 e. The fourth-order valence-electron chi connectivity index (χ4n) is 0.804. The van der Waals surface area contributed by atoms with Crippen molar-refractivity contribution in [3.8, 4) is 0 Å². The second kappa shape index (κ2) is 2.29. The molecule has 0 aromatic carbocycles. The standard InChI is InChI=1S/C5H3IN5/c6-3-2-4(7)8-1-9-5(2)11-10-3/h1H,(H2-,7,8,9,10,11)/q-1. The van der Waals surface area contributed by atoms with Crippen molar-refractivity contribution in [3.63, 3.8) is 0 Å². The van der Waals surface area contributed by atoms with Crippen LogP contribution in [0.3, 0.4) is 0 Å². The zero-order valence-corrected chi connectivity index (χ0v) is 7.48. The van der Waals surface area contributed by atoms with Gasteiger partial charge in [-0.05, 0) is 28.2 Å². The summed E-state index contributed by atoms with van der Waals surface area (Å²) in [5.41, 5.74) is 6.12. The third kappa shape index (κ3) is 0.934. The molecule has 2 aromatic rings. The average Bonchev–Trinajstić information content (AvgIpc) is 2.34. The van der Waals surface area contributed by atoms with Crippen LogP contribution in [0, 0.1) is 3.70 Å². The van der Waals surface area contributed by atoms with Gasteiger partial charge >= 0.3 is 0 Å². The zero-order valence-electron chi connectivity index (χ0n) is 5.32. The second-order valence-electron chi connectivity index (χ2n) is 1.95. The minimum absolute atomic E-state index is 0.435. The van der Waals surface area contributed by atoms with Gasteiger partial charge in [0.05, 0.1) is 0 Å². The third-order valence-corrected chi connectivity index (χ3v) is 2.05. The molecule has 56 valence electrons. The number of halogens is 1. The van der Waals surface area contributed by atoms with Crippen molar-refractivity contribution in [2.75, 3.05) is 5.73 Å². The summed E-state index contributed by atoms with van der Waals surface area (Å²) < 4.78 is 0.746. The van der Waals surface area contributed by atoms with Crippen LogP contribution in [0.4, 0.5) is 5.82 Å². The van der Waals surface area contributed by atoms with E-state index in [4.69, 9.17) is 5.73 Å². The Morgan fingerprint density at radius 2 is 2.27 bits per heavy atom. The molecule has 11 heavy (non-hydrogen) atoms. The molecule has 0 saturated heterocycles. The van der Waals surface area contributed by atoms with Crippen molar-refractivity contribution >= 4 is 39.4 Å². The number of hydrogen-bond acceptors (Lipinski definition) is 4. The molecule has 2 rings (SSSR count). The maximum absolute atomic E-state index is 5.57. The van der Waals surface area contributed by atoms with E-state index in [0.29, 0.717) is 11.5 Å². The van der Waals surface area contributed by atoms with E-state index in [1.54, 1.807) is 0 Å². The molecule has 2 aromatic heterocycles. The summed E-state index contributed by atoms with van der Waals surface area (Å²) >= 11 is 2.05. The lowest BCUT2D eigenvalue weighted by atomic mass is 10.4. The second-order valence-corrected chi connectivity index (χ2v) is 2.97. The maximum atomic E-state index is 5.57. The van der Waals surface area contributed by atoms with Crippen LogP contribution in [-0.2, 0) is 0 Å². The number of nitrogens with zero attached hydrogens (tertiary/aromatic N) is 4. The largest absolute Gasteiger partial charge is 0.425 e. The molecule has 0 atom stereocenters. The molecule has 0 aliphatic carbocycles. The summed E-state index contributed by atoms with van der Waals surface area (Å²) in [5.74, 6) is 0.435. The third-order valence-electron chi connectivity index (χ3n) is 1.30. The summed E-state index contributed by atoms with van der Waals surface area (Å²) in [4.78, 5) is 7.72. The van der Waals surface area contributed by atoms with Crippen LogP contribution in [0.5, 0.6) is 0 Å². The van der Waals surface area contributed by atoms with Gasteiger partial charge in [0.1, 0.15) is 9.52 Å². The normalized spacial score (nSPS) is 10.6. The Balaban J connectivity index is 2.96. The summed E-state index contributed by atoms with van der Waals surface area (Å²) in [5, 5.41) is 8.34. The van der Waals surface area contributed by atoms with Crippen molar-refractivity contribution in [2.45, 2.75) is 0 Å². The van der Waals surface area contributed by atoms with E-state index in [1.807, 2.05) is 22.6 Å². The van der Waals surface area contributed by atoms with Crippen molar-refractivity contribution in [1.29, 1.82) is 0 Å². The van der Waals surface area contributed by atoms with Crippen LogP contribution in [0.15, 0.2) is 6.33 Å². The van der Waals surface area contributed by atoms with E-state index in [-0.39, 0.29) is 0 Å². The van der Waals surface area contributed by atoms with Gasteiger partial charge in [0.2, 0.25) is 0 Å². The van der Waals surface area contributed by atoms with Gasteiger partial charge < -0.3 is 15.8 Å². The summed E-state index contributed by atoms with van der Waals surface area (Å²) in [7, 11) is 0. The van der Waals surface area contributed by atoms with Gasteiger partial charge in [-0.15, -0.1) is 0 Å². The first-order chi connectivity index (χ1) is 5.29. The lowest BCUT2D eigenvalue weighted by Gasteiger charge is -1.98. The van der Waals surface area contributed by atoms with Crippen molar-refractivity contribution in [3.05, 3.63) is 10.0 Å². The summed E-state index contributed by atoms with van der Waals surface area (Å²) in [6.07, 6.45) is 1.38. The topological polar surface area (TPSA) is 78.8 Å². The number of aromatic nitrogens is 4. The van der Waals surface area contributed by atoms with Crippen LogP contribution in [0.25, 0.3) is 11.0 Å². The molecule has 0 saturated carbocycles. The lowest BCUT2D eigenvalue weighted by Crippen LogP contribution is -1.92. The molecule has 5 nitrogen and oxygen atoms in total. The molecule has 0 bridgehead atoms. The quantitative estimate of drug-likeness (QED) is 0.683. The van der Waals surface area contributed by atoms with Gasteiger partial charge in [-0.1, -0.05) is 0 Å². The molecule has 2 heterocycles. The van der Waals surface area contributed by atoms with Gasteiger partial charge in [-0.2, -0.15) is 0 Å². The van der Waals surface area contributed by atoms with Crippen LogP contribution in [0.2, 0.25) is 0 Å². The molecule has 0 amide bonds. The Morgan fingerprint density at radius 1 is 1.45 bits per heavy atom. The number of anilines is 1. The van der Waals surface area contributed by atoms with E-state index in [2.05, 4.69) is 20.2 Å². The highest BCUT2D eigenvalue weighted by Crippen LogP contribution is 2.18. The van der Waals surface area contributed by atoms with E-state index in [9.17, 15) is 0 Å². The van der Waals surface area contributed by atoms with E-state index >= 15 is 0 Å². The summed E-state index contributed by atoms with van der Waals surface area (Å²) in [6, 6.07) is 0. The number of rotatable bonds is 0. The van der Waals surface area contributed by atoms with Crippen molar-refractivity contribution < 1.29 is 0 Å². The highest BCUT2D eigenvalue weighted by atomic mass is 127. The van der Waals surface area contributed by atoms with Crippen LogP contribution in [0.1, 0.15) is 0 Å². The average molecular weight is 260 g/mol. The predicted octanol–water partition coefficient (Wildman–Crippen LogP) is 0.169. The van der Waals surface area contributed by atoms with Gasteiger partial charge in [0.15, 0.2) is 0 Å². The highest BCUT2D eigenvalue weighted by molar-refractivity contribution is 14.1. The van der Waals surface area contributed by atoms with Crippen LogP contribution < -0.4 is 10.8 Å². The lowest BCUT2D eigenvalue weighted by molar-refractivity contribution is 1.04. The highest BCUT2D eigenvalue weighted by Gasteiger charge is 2.00. The van der Waals surface area contributed by atoms with Crippen LogP contribution >= 0.6 is 22.6 Å². The first-order valence-corrected chi connectivity index (χ1v) is 3.92. The van der Waals surface area contributed by atoms with Gasteiger partial charge in [0.25, 0.3) is 0 Å². The monoisotopic (exact) mass is 260 g/mol. The SMILES string of the molecule is Nc1ncnc2[n-]nc(I)c12. The van der Waals surface area contributed by atoms with Crippen LogP contribution in [-0.4, -0.2) is 15.1 Å². The van der Waals surface area contributed by atoms with Gasteiger partial charge in [-0.25, -0.2) is 4.98 Å².